The van der Waals surface area contributed by atoms with Gasteiger partial charge in [0.2, 0.25) is 5.16 Å². The zero-order valence-electron chi connectivity index (χ0n) is 11.9. The van der Waals surface area contributed by atoms with Crippen molar-refractivity contribution in [3.63, 3.8) is 0 Å². The molecule has 0 atom stereocenters. The van der Waals surface area contributed by atoms with E-state index in [4.69, 9.17) is 10.3 Å². The number of rotatable bonds is 4. The number of nitrogen functional groups attached to an aromatic ring is 1. The molecule has 1 aliphatic rings. The maximum Gasteiger partial charge on any atom is 0.216 e. The minimum Gasteiger partial charge on any atom is -0.469 e. The van der Waals surface area contributed by atoms with Gasteiger partial charge in [0, 0.05) is 12.1 Å². The Morgan fingerprint density at radius 3 is 2.91 bits per heavy atom. The molecule has 0 amide bonds. The van der Waals surface area contributed by atoms with Gasteiger partial charge < -0.3 is 10.3 Å². The van der Waals surface area contributed by atoms with Crippen molar-refractivity contribution in [2.45, 2.75) is 35.9 Å². The number of aromatic nitrogens is 5. The molecule has 3 aromatic rings. The maximum absolute atomic E-state index is 6.11. The smallest absolute Gasteiger partial charge is 0.216 e. The van der Waals surface area contributed by atoms with Gasteiger partial charge in [0.25, 0.3) is 0 Å². The van der Waals surface area contributed by atoms with Crippen molar-refractivity contribution in [2.24, 2.45) is 0 Å². The lowest BCUT2D eigenvalue weighted by Gasteiger charge is -2.03. The van der Waals surface area contributed by atoms with E-state index in [0.29, 0.717) is 16.9 Å². The molecule has 0 saturated heterocycles. The molecule has 0 aromatic carbocycles. The van der Waals surface area contributed by atoms with E-state index in [2.05, 4.69) is 20.2 Å². The van der Waals surface area contributed by atoms with Gasteiger partial charge in [-0.1, -0.05) is 0 Å². The van der Waals surface area contributed by atoms with Crippen molar-refractivity contribution in [2.75, 3.05) is 5.84 Å². The van der Waals surface area contributed by atoms with E-state index in [1.807, 2.05) is 19.1 Å². The summed E-state index contributed by atoms with van der Waals surface area (Å²) in [6, 6.07) is 3.68. The van der Waals surface area contributed by atoms with E-state index in [9.17, 15) is 0 Å². The van der Waals surface area contributed by atoms with Gasteiger partial charge in [-0.05, 0) is 43.7 Å². The van der Waals surface area contributed by atoms with Crippen LogP contribution in [0.4, 0.5) is 0 Å². The Morgan fingerprint density at radius 1 is 1.32 bits per heavy atom. The summed E-state index contributed by atoms with van der Waals surface area (Å²) in [6.07, 6.45) is 5.73. The predicted molar refractivity (Wildman–Crippen MR) is 80.7 cm³/mol. The van der Waals surface area contributed by atoms with E-state index in [0.717, 1.165) is 22.2 Å². The molecule has 3 aromatic heterocycles. The van der Waals surface area contributed by atoms with Gasteiger partial charge in [-0.25, -0.2) is 14.6 Å². The summed E-state index contributed by atoms with van der Waals surface area (Å²) in [5.41, 5.74) is 0.836. The monoisotopic (exact) mass is 314 g/mol. The molecular formula is C14H14N6OS. The Hall–Kier alpha value is -2.35. The summed E-state index contributed by atoms with van der Waals surface area (Å²) in [5, 5.41) is 9.70. The molecule has 1 fully saturated rings. The van der Waals surface area contributed by atoms with Gasteiger partial charge in [-0.2, -0.15) is 0 Å². The van der Waals surface area contributed by atoms with Crippen molar-refractivity contribution < 1.29 is 4.42 Å². The Balaban J connectivity index is 1.62. The SMILES string of the molecule is Cc1occc1-c1nnc(Sc2ccnc(C3CC3)n2)n1N. The van der Waals surface area contributed by atoms with Crippen molar-refractivity contribution in [3.05, 3.63) is 36.2 Å². The first-order chi connectivity index (χ1) is 10.7. The number of hydrogen-bond donors (Lipinski definition) is 1. The standard InChI is InChI=1S/C14H14N6OS/c1-8-10(5-7-21-8)13-18-19-14(20(13)15)22-11-4-6-16-12(17-11)9-2-3-9/h4-7,9H,2-3,15H2,1H3. The van der Waals surface area contributed by atoms with Crippen LogP contribution in [0.5, 0.6) is 0 Å². The van der Waals surface area contributed by atoms with Gasteiger partial charge in [0.15, 0.2) is 5.82 Å². The topological polar surface area (TPSA) is 95.6 Å². The second-order valence-electron chi connectivity index (χ2n) is 5.20. The first kappa shape index (κ1) is 13.3. The highest BCUT2D eigenvalue weighted by Crippen LogP contribution is 2.38. The fraction of sp³-hybridized carbons (Fsp3) is 0.286. The van der Waals surface area contributed by atoms with Crippen LogP contribution >= 0.6 is 11.8 Å². The molecular weight excluding hydrogens is 300 g/mol. The molecule has 0 radical (unpaired) electrons. The Labute approximate surface area is 130 Å². The van der Waals surface area contributed by atoms with Crippen LogP contribution in [-0.4, -0.2) is 24.8 Å². The molecule has 8 heteroatoms. The number of nitrogens with two attached hydrogens (primary N) is 1. The molecule has 0 spiro atoms. The number of aryl methyl sites for hydroxylation is 1. The van der Waals surface area contributed by atoms with Crippen LogP contribution in [0.2, 0.25) is 0 Å². The van der Waals surface area contributed by atoms with Gasteiger partial charge in [0.1, 0.15) is 16.6 Å². The van der Waals surface area contributed by atoms with Crippen molar-refractivity contribution >= 4 is 11.8 Å². The number of furan rings is 1. The zero-order chi connectivity index (χ0) is 15.1. The van der Waals surface area contributed by atoms with Crippen LogP contribution in [0.25, 0.3) is 11.4 Å². The van der Waals surface area contributed by atoms with Crippen LogP contribution in [0.3, 0.4) is 0 Å². The largest absolute Gasteiger partial charge is 0.469 e. The molecule has 0 aliphatic heterocycles. The first-order valence-corrected chi connectivity index (χ1v) is 7.80. The normalized spacial score (nSPS) is 14.4. The lowest BCUT2D eigenvalue weighted by molar-refractivity contribution is 0.535. The van der Waals surface area contributed by atoms with Crippen LogP contribution in [0.1, 0.15) is 30.3 Å². The Kier molecular flexibility index (Phi) is 3.11. The van der Waals surface area contributed by atoms with Crippen LogP contribution in [0.15, 0.2) is 39.2 Å². The highest BCUT2D eigenvalue weighted by Gasteiger charge is 2.26. The molecule has 7 nitrogen and oxygen atoms in total. The molecule has 0 bridgehead atoms. The average Bonchev–Trinajstić information content (AvgIpc) is 3.21. The van der Waals surface area contributed by atoms with Gasteiger partial charge in [-0.3, -0.25) is 0 Å². The lowest BCUT2D eigenvalue weighted by atomic mass is 10.2. The summed E-state index contributed by atoms with van der Waals surface area (Å²) >= 11 is 1.38. The number of hydrogen-bond acceptors (Lipinski definition) is 7. The molecule has 3 heterocycles. The third kappa shape index (κ3) is 2.35. The molecule has 112 valence electrons. The van der Waals surface area contributed by atoms with E-state index in [1.165, 1.54) is 29.3 Å². The molecule has 22 heavy (non-hydrogen) atoms. The van der Waals surface area contributed by atoms with Gasteiger partial charge in [-0.15, -0.1) is 10.2 Å². The quantitative estimate of drug-likeness (QED) is 0.583. The third-order valence-corrected chi connectivity index (χ3v) is 4.45. The molecule has 0 unspecified atom stereocenters. The Bertz CT molecular complexity index is 822. The molecule has 1 saturated carbocycles. The zero-order valence-corrected chi connectivity index (χ0v) is 12.7. The predicted octanol–water partition coefficient (Wildman–Crippen LogP) is 2.38. The van der Waals surface area contributed by atoms with Crippen LogP contribution in [0, 0.1) is 6.92 Å². The van der Waals surface area contributed by atoms with E-state index < -0.39 is 0 Å². The van der Waals surface area contributed by atoms with Crippen molar-refractivity contribution in [1.29, 1.82) is 0 Å². The molecule has 2 N–H and O–H groups in total. The summed E-state index contributed by atoms with van der Waals surface area (Å²) in [7, 11) is 0. The average molecular weight is 314 g/mol. The summed E-state index contributed by atoms with van der Waals surface area (Å²) in [6.45, 7) is 1.86. The second kappa shape index (κ2) is 5.13. The van der Waals surface area contributed by atoms with E-state index in [1.54, 1.807) is 12.5 Å². The number of nitrogens with zero attached hydrogens (tertiary/aromatic N) is 5. The second-order valence-corrected chi connectivity index (χ2v) is 6.18. The molecule has 4 rings (SSSR count). The highest BCUT2D eigenvalue weighted by atomic mass is 32.2. The fourth-order valence-electron chi connectivity index (χ4n) is 2.19. The maximum atomic E-state index is 6.11. The van der Waals surface area contributed by atoms with E-state index >= 15 is 0 Å². The minimum absolute atomic E-state index is 0.514. The lowest BCUT2D eigenvalue weighted by Crippen LogP contribution is -2.11. The fourth-order valence-corrected chi connectivity index (χ4v) is 2.91. The summed E-state index contributed by atoms with van der Waals surface area (Å²) < 4.78 is 6.75. The van der Waals surface area contributed by atoms with Gasteiger partial charge in [0.05, 0.1) is 11.8 Å². The Morgan fingerprint density at radius 2 is 2.18 bits per heavy atom. The van der Waals surface area contributed by atoms with Crippen molar-refractivity contribution in [3.8, 4) is 11.4 Å². The third-order valence-electron chi connectivity index (χ3n) is 3.55. The van der Waals surface area contributed by atoms with Crippen LogP contribution < -0.4 is 5.84 Å². The van der Waals surface area contributed by atoms with E-state index in [-0.39, 0.29) is 0 Å². The summed E-state index contributed by atoms with van der Waals surface area (Å²) in [4.78, 5) is 8.87. The highest BCUT2D eigenvalue weighted by molar-refractivity contribution is 7.99. The van der Waals surface area contributed by atoms with Gasteiger partial charge >= 0.3 is 0 Å². The minimum atomic E-state index is 0.514. The first-order valence-electron chi connectivity index (χ1n) is 6.98. The molecule has 1 aliphatic carbocycles. The summed E-state index contributed by atoms with van der Waals surface area (Å²) in [5.74, 6) is 8.86. The van der Waals surface area contributed by atoms with Crippen molar-refractivity contribution in [1.82, 2.24) is 24.8 Å². The van der Waals surface area contributed by atoms with Crippen LogP contribution in [-0.2, 0) is 0 Å².